The van der Waals surface area contributed by atoms with Gasteiger partial charge in [-0.2, -0.15) is 0 Å². The highest BCUT2D eigenvalue weighted by Crippen LogP contribution is 2.25. The molecule has 0 radical (unpaired) electrons. The Balaban J connectivity index is 1.34. The Morgan fingerprint density at radius 3 is 2.33 bits per heavy atom. The number of benzene rings is 4. The average Bonchev–Trinajstić information content (AvgIpc) is 3.23. The van der Waals surface area contributed by atoms with Crippen LogP contribution in [0.15, 0.2) is 120 Å². The molecule has 0 fully saturated rings. The lowest BCUT2D eigenvalue weighted by molar-refractivity contribution is -0.129. The van der Waals surface area contributed by atoms with Gasteiger partial charge in [0.05, 0.1) is 0 Å². The SMILES string of the molecule is C=CC(Oc1ccc(/C=C2\N=C(c3ccc4ccccc4c3)OC2=O)cc1)c1ccccc1. The zero-order valence-corrected chi connectivity index (χ0v) is 17.8. The van der Waals surface area contributed by atoms with Gasteiger partial charge in [0.2, 0.25) is 5.90 Å². The van der Waals surface area contributed by atoms with Gasteiger partial charge in [-0.05, 0) is 58.3 Å². The van der Waals surface area contributed by atoms with E-state index in [1.54, 1.807) is 12.2 Å². The number of rotatable bonds is 6. The lowest BCUT2D eigenvalue weighted by Gasteiger charge is -2.16. The molecule has 0 bridgehead atoms. The van der Waals surface area contributed by atoms with Crippen LogP contribution in [0, 0.1) is 0 Å². The van der Waals surface area contributed by atoms with Crippen LogP contribution in [0.5, 0.6) is 5.75 Å². The van der Waals surface area contributed by atoms with Crippen molar-refractivity contribution in [2.75, 3.05) is 0 Å². The number of hydrogen-bond acceptors (Lipinski definition) is 4. The second kappa shape index (κ2) is 8.97. The summed E-state index contributed by atoms with van der Waals surface area (Å²) in [6.07, 6.45) is 3.24. The molecule has 5 rings (SSSR count). The van der Waals surface area contributed by atoms with Gasteiger partial charge >= 0.3 is 5.97 Å². The van der Waals surface area contributed by atoms with Crippen molar-refractivity contribution in [3.05, 3.63) is 132 Å². The van der Waals surface area contributed by atoms with E-state index in [1.807, 2.05) is 97.1 Å². The standard InChI is InChI=1S/C29H21NO3/c1-2-27(22-9-4-3-5-10-22)32-25-16-12-20(13-17-25)18-26-29(31)33-28(30-26)24-15-14-21-8-6-7-11-23(21)19-24/h2-19,27H,1H2/b26-18-. The fourth-order valence-electron chi connectivity index (χ4n) is 3.70. The summed E-state index contributed by atoms with van der Waals surface area (Å²) in [6, 6.07) is 31.3. The van der Waals surface area contributed by atoms with Crippen molar-refractivity contribution in [3.63, 3.8) is 0 Å². The maximum Gasteiger partial charge on any atom is 0.363 e. The molecule has 0 aromatic heterocycles. The highest BCUT2D eigenvalue weighted by molar-refractivity contribution is 6.13. The van der Waals surface area contributed by atoms with Gasteiger partial charge in [-0.25, -0.2) is 9.79 Å². The molecule has 160 valence electrons. The molecule has 0 saturated carbocycles. The van der Waals surface area contributed by atoms with E-state index in [4.69, 9.17) is 9.47 Å². The lowest BCUT2D eigenvalue weighted by Crippen LogP contribution is -2.05. The molecular formula is C29H21NO3. The Labute approximate surface area is 192 Å². The van der Waals surface area contributed by atoms with Crippen LogP contribution in [0.2, 0.25) is 0 Å². The summed E-state index contributed by atoms with van der Waals surface area (Å²) < 4.78 is 11.5. The molecule has 1 atom stereocenters. The van der Waals surface area contributed by atoms with Crippen molar-refractivity contribution in [2.24, 2.45) is 4.99 Å². The fraction of sp³-hybridized carbons (Fsp3) is 0.0345. The Bertz CT molecular complexity index is 1390. The van der Waals surface area contributed by atoms with Crippen molar-refractivity contribution < 1.29 is 14.3 Å². The monoisotopic (exact) mass is 431 g/mol. The van der Waals surface area contributed by atoms with Crippen molar-refractivity contribution in [2.45, 2.75) is 6.10 Å². The topological polar surface area (TPSA) is 47.9 Å². The highest BCUT2D eigenvalue weighted by Gasteiger charge is 2.24. The maximum atomic E-state index is 12.4. The Morgan fingerprint density at radius 1 is 0.848 bits per heavy atom. The molecule has 0 N–H and O–H groups in total. The summed E-state index contributed by atoms with van der Waals surface area (Å²) in [7, 11) is 0. The summed E-state index contributed by atoms with van der Waals surface area (Å²) in [4.78, 5) is 16.8. The minimum Gasteiger partial charge on any atom is -0.482 e. The van der Waals surface area contributed by atoms with Crippen LogP contribution in [-0.2, 0) is 9.53 Å². The molecule has 0 spiro atoms. The Morgan fingerprint density at radius 2 is 1.58 bits per heavy atom. The van der Waals surface area contributed by atoms with Crippen molar-refractivity contribution in [1.82, 2.24) is 0 Å². The summed E-state index contributed by atoms with van der Waals surface area (Å²) in [6.45, 7) is 3.88. The molecule has 0 saturated heterocycles. The molecule has 1 aliphatic heterocycles. The molecule has 4 aromatic carbocycles. The van der Waals surface area contributed by atoms with Gasteiger partial charge in [0.15, 0.2) is 5.70 Å². The molecule has 4 heteroatoms. The van der Waals surface area contributed by atoms with Crippen LogP contribution in [0.25, 0.3) is 16.8 Å². The summed E-state index contributed by atoms with van der Waals surface area (Å²) >= 11 is 0. The zero-order valence-electron chi connectivity index (χ0n) is 17.8. The van der Waals surface area contributed by atoms with Crippen LogP contribution >= 0.6 is 0 Å². The average molecular weight is 431 g/mol. The van der Waals surface area contributed by atoms with E-state index in [-0.39, 0.29) is 11.8 Å². The quantitative estimate of drug-likeness (QED) is 0.199. The number of carbonyl (C=O) groups excluding carboxylic acids is 1. The number of hydrogen-bond donors (Lipinski definition) is 0. The fourth-order valence-corrected chi connectivity index (χ4v) is 3.70. The minimum atomic E-state index is -0.464. The van der Waals surface area contributed by atoms with E-state index in [0.717, 1.165) is 27.5 Å². The second-order valence-electron chi connectivity index (χ2n) is 7.65. The maximum absolute atomic E-state index is 12.4. The van der Waals surface area contributed by atoms with Crippen LogP contribution in [-0.4, -0.2) is 11.9 Å². The number of fused-ring (bicyclic) bond motifs is 1. The third-order valence-corrected chi connectivity index (χ3v) is 5.41. The van der Waals surface area contributed by atoms with Crippen molar-refractivity contribution in [1.29, 1.82) is 0 Å². The van der Waals surface area contributed by atoms with Crippen LogP contribution in [0.1, 0.15) is 22.8 Å². The molecular weight excluding hydrogens is 410 g/mol. The second-order valence-corrected chi connectivity index (χ2v) is 7.65. The highest BCUT2D eigenvalue weighted by atomic mass is 16.6. The zero-order chi connectivity index (χ0) is 22.6. The number of nitrogens with zero attached hydrogens (tertiary/aromatic N) is 1. The first-order valence-corrected chi connectivity index (χ1v) is 10.7. The molecule has 1 aliphatic rings. The predicted molar refractivity (Wildman–Crippen MR) is 131 cm³/mol. The largest absolute Gasteiger partial charge is 0.482 e. The first-order valence-electron chi connectivity index (χ1n) is 10.7. The van der Waals surface area contributed by atoms with E-state index in [9.17, 15) is 4.79 Å². The molecule has 33 heavy (non-hydrogen) atoms. The summed E-state index contributed by atoms with van der Waals surface area (Å²) in [5.41, 5.74) is 2.89. The number of aliphatic imine (C=N–C) groups is 1. The molecule has 1 unspecified atom stereocenters. The van der Waals surface area contributed by atoms with Crippen LogP contribution in [0.4, 0.5) is 0 Å². The van der Waals surface area contributed by atoms with Crippen molar-refractivity contribution in [3.8, 4) is 5.75 Å². The first kappa shape index (κ1) is 20.5. The molecule has 4 aromatic rings. The Hall–Kier alpha value is -4.44. The minimum absolute atomic E-state index is 0.241. The van der Waals surface area contributed by atoms with Gasteiger partial charge in [0.25, 0.3) is 0 Å². The summed E-state index contributed by atoms with van der Waals surface area (Å²) in [5, 5.41) is 2.19. The first-order chi connectivity index (χ1) is 16.2. The van der Waals surface area contributed by atoms with Gasteiger partial charge in [-0.3, -0.25) is 0 Å². The van der Waals surface area contributed by atoms with Crippen LogP contribution in [0.3, 0.4) is 0 Å². The smallest absolute Gasteiger partial charge is 0.363 e. The third-order valence-electron chi connectivity index (χ3n) is 5.41. The predicted octanol–water partition coefficient (Wildman–Crippen LogP) is 6.49. The van der Waals surface area contributed by atoms with Crippen LogP contribution < -0.4 is 4.74 Å². The van der Waals surface area contributed by atoms with Gasteiger partial charge in [-0.1, -0.05) is 79.4 Å². The summed E-state index contributed by atoms with van der Waals surface area (Å²) in [5.74, 6) is 0.559. The van der Waals surface area contributed by atoms with E-state index < -0.39 is 5.97 Å². The molecule has 0 aliphatic carbocycles. The van der Waals surface area contributed by atoms with E-state index in [0.29, 0.717) is 11.6 Å². The number of ether oxygens (including phenoxy) is 2. The van der Waals surface area contributed by atoms with Gasteiger partial charge in [0.1, 0.15) is 11.9 Å². The van der Waals surface area contributed by atoms with E-state index >= 15 is 0 Å². The number of esters is 1. The Kier molecular flexibility index (Phi) is 5.56. The van der Waals surface area contributed by atoms with E-state index in [1.165, 1.54) is 0 Å². The number of cyclic esters (lactones) is 1. The molecule has 4 nitrogen and oxygen atoms in total. The van der Waals surface area contributed by atoms with E-state index in [2.05, 4.69) is 11.6 Å². The van der Waals surface area contributed by atoms with Gasteiger partial charge in [0, 0.05) is 5.56 Å². The van der Waals surface area contributed by atoms with Gasteiger partial charge < -0.3 is 9.47 Å². The normalized spacial score (nSPS) is 15.2. The number of carbonyl (C=O) groups is 1. The third kappa shape index (κ3) is 4.46. The lowest BCUT2D eigenvalue weighted by atomic mass is 10.1. The molecule has 0 amide bonds. The molecule has 1 heterocycles. The van der Waals surface area contributed by atoms with Crippen molar-refractivity contribution >= 4 is 28.7 Å². The van der Waals surface area contributed by atoms with Gasteiger partial charge in [-0.15, -0.1) is 0 Å².